The number of nitrogens with zero attached hydrogens (tertiary/aromatic N) is 1. The molecule has 1 heterocycles. The summed E-state index contributed by atoms with van der Waals surface area (Å²) in [7, 11) is 0. The van der Waals surface area contributed by atoms with Crippen LogP contribution < -0.4 is 5.32 Å². The number of carbonyl (C=O) groups is 2. The van der Waals surface area contributed by atoms with Crippen molar-refractivity contribution < 1.29 is 9.59 Å². The minimum Gasteiger partial charge on any atom is -0.348 e. The van der Waals surface area contributed by atoms with Crippen LogP contribution in [0.1, 0.15) is 39.9 Å². The van der Waals surface area contributed by atoms with E-state index in [1.165, 1.54) is 5.56 Å². The second-order valence-electron chi connectivity index (χ2n) is 7.72. The highest BCUT2D eigenvalue weighted by molar-refractivity contribution is 7.98. The lowest BCUT2D eigenvalue weighted by Crippen LogP contribution is -2.24. The van der Waals surface area contributed by atoms with Crippen molar-refractivity contribution in [1.82, 2.24) is 10.2 Å². The molecule has 0 aliphatic carbocycles. The molecule has 4 nitrogen and oxygen atoms in total. The minimum absolute atomic E-state index is 0.0836. The largest absolute Gasteiger partial charge is 0.348 e. The SMILES string of the molecule is O=C(NCc1cccc(CN2CCCC2=O)c1)c1ccc(SCc2ccccc2)cc1. The normalized spacial score (nSPS) is 13.4. The van der Waals surface area contributed by atoms with E-state index in [9.17, 15) is 9.59 Å². The molecule has 0 aromatic heterocycles. The minimum atomic E-state index is -0.0836. The Morgan fingerprint density at radius 3 is 2.39 bits per heavy atom. The van der Waals surface area contributed by atoms with Crippen LogP contribution in [0.4, 0.5) is 0 Å². The van der Waals surface area contributed by atoms with Crippen LogP contribution in [0.25, 0.3) is 0 Å². The third kappa shape index (κ3) is 5.98. The Bertz CT molecular complexity index is 1030. The predicted molar refractivity (Wildman–Crippen MR) is 125 cm³/mol. The second kappa shape index (κ2) is 10.3. The summed E-state index contributed by atoms with van der Waals surface area (Å²) in [5.41, 5.74) is 4.07. The van der Waals surface area contributed by atoms with Gasteiger partial charge in [-0.2, -0.15) is 0 Å². The van der Waals surface area contributed by atoms with E-state index in [1.807, 2.05) is 65.6 Å². The van der Waals surface area contributed by atoms with Gasteiger partial charge in [-0.15, -0.1) is 11.8 Å². The van der Waals surface area contributed by atoms with E-state index < -0.39 is 0 Å². The Hall–Kier alpha value is -3.05. The third-order valence-electron chi connectivity index (χ3n) is 5.35. The van der Waals surface area contributed by atoms with Gasteiger partial charge in [0.25, 0.3) is 5.91 Å². The van der Waals surface area contributed by atoms with Crippen LogP contribution in [-0.4, -0.2) is 23.3 Å². The number of amides is 2. The van der Waals surface area contributed by atoms with Crippen molar-refractivity contribution in [3.8, 4) is 0 Å². The van der Waals surface area contributed by atoms with E-state index in [2.05, 4.69) is 23.5 Å². The Labute approximate surface area is 187 Å². The molecule has 0 atom stereocenters. The van der Waals surface area contributed by atoms with Gasteiger partial charge in [-0.05, 0) is 47.4 Å². The summed E-state index contributed by atoms with van der Waals surface area (Å²) in [6.45, 7) is 1.94. The summed E-state index contributed by atoms with van der Waals surface area (Å²) in [5, 5.41) is 3.00. The summed E-state index contributed by atoms with van der Waals surface area (Å²) in [4.78, 5) is 27.4. The molecule has 1 fully saturated rings. The smallest absolute Gasteiger partial charge is 0.251 e. The summed E-state index contributed by atoms with van der Waals surface area (Å²) < 4.78 is 0. The fourth-order valence-electron chi connectivity index (χ4n) is 3.66. The summed E-state index contributed by atoms with van der Waals surface area (Å²) in [5.74, 6) is 1.05. The second-order valence-corrected chi connectivity index (χ2v) is 8.77. The molecular weight excluding hydrogens is 404 g/mol. The van der Waals surface area contributed by atoms with Crippen LogP contribution in [0.5, 0.6) is 0 Å². The highest BCUT2D eigenvalue weighted by Gasteiger charge is 2.19. The van der Waals surface area contributed by atoms with Gasteiger partial charge in [-0.3, -0.25) is 9.59 Å². The first-order chi connectivity index (χ1) is 15.2. The maximum Gasteiger partial charge on any atom is 0.251 e. The predicted octanol–water partition coefficient (Wildman–Crippen LogP) is 5.03. The fourth-order valence-corrected chi connectivity index (χ4v) is 4.51. The molecule has 2 amide bonds. The third-order valence-corrected chi connectivity index (χ3v) is 6.44. The Balaban J connectivity index is 1.28. The molecule has 4 rings (SSSR count). The number of rotatable bonds is 8. The van der Waals surface area contributed by atoms with Gasteiger partial charge in [0.2, 0.25) is 5.91 Å². The molecular formula is C26H26N2O2S. The van der Waals surface area contributed by atoms with E-state index in [0.717, 1.165) is 34.7 Å². The standard InChI is InChI=1S/C26H26N2O2S/c29-25-10-5-15-28(25)18-22-9-4-8-21(16-22)17-27-26(30)23-11-13-24(14-12-23)31-19-20-6-2-1-3-7-20/h1-4,6-9,11-14,16H,5,10,15,17-19H2,(H,27,30). The van der Waals surface area contributed by atoms with E-state index >= 15 is 0 Å². The van der Waals surface area contributed by atoms with Crippen molar-refractivity contribution in [2.24, 2.45) is 0 Å². The lowest BCUT2D eigenvalue weighted by Gasteiger charge is -2.16. The fraction of sp³-hybridized carbons (Fsp3) is 0.231. The molecule has 1 aliphatic heterocycles. The lowest BCUT2D eigenvalue weighted by atomic mass is 10.1. The maximum atomic E-state index is 12.5. The highest BCUT2D eigenvalue weighted by Crippen LogP contribution is 2.23. The van der Waals surface area contributed by atoms with Gasteiger partial charge in [0.15, 0.2) is 0 Å². The van der Waals surface area contributed by atoms with Crippen molar-refractivity contribution in [3.63, 3.8) is 0 Å². The van der Waals surface area contributed by atoms with Crippen LogP contribution in [0.2, 0.25) is 0 Å². The molecule has 158 valence electrons. The molecule has 0 bridgehead atoms. The summed E-state index contributed by atoms with van der Waals surface area (Å²) in [6.07, 6.45) is 1.59. The first-order valence-electron chi connectivity index (χ1n) is 10.6. The quantitative estimate of drug-likeness (QED) is 0.510. The molecule has 3 aromatic rings. The molecule has 0 spiro atoms. The highest BCUT2D eigenvalue weighted by atomic mass is 32.2. The number of thioether (sulfide) groups is 1. The van der Waals surface area contributed by atoms with Crippen molar-refractivity contribution in [3.05, 3.63) is 101 Å². The van der Waals surface area contributed by atoms with E-state index in [1.54, 1.807) is 11.8 Å². The Kier molecular flexibility index (Phi) is 7.05. The summed E-state index contributed by atoms with van der Waals surface area (Å²) >= 11 is 1.76. The molecule has 3 aromatic carbocycles. The van der Waals surface area contributed by atoms with E-state index in [4.69, 9.17) is 0 Å². The zero-order chi connectivity index (χ0) is 21.5. The number of hydrogen-bond donors (Lipinski definition) is 1. The Morgan fingerprint density at radius 2 is 1.65 bits per heavy atom. The monoisotopic (exact) mass is 430 g/mol. The van der Waals surface area contributed by atoms with Crippen molar-refractivity contribution in [2.45, 2.75) is 36.6 Å². The number of hydrogen-bond acceptors (Lipinski definition) is 3. The average molecular weight is 431 g/mol. The van der Waals surface area contributed by atoms with Crippen LogP contribution in [0.15, 0.2) is 83.8 Å². The van der Waals surface area contributed by atoms with Gasteiger partial charge in [0.05, 0.1) is 0 Å². The van der Waals surface area contributed by atoms with E-state index in [-0.39, 0.29) is 11.8 Å². The molecule has 0 unspecified atom stereocenters. The van der Waals surface area contributed by atoms with Crippen molar-refractivity contribution >= 4 is 23.6 Å². The molecule has 1 N–H and O–H groups in total. The summed E-state index contributed by atoms with van der Waals surface area (Å²) in [6, 6.07) is 26.2. The maximum absolute atomic E-state index is 12.5. The van der Waals surface area contributed by atoms with Crippen molar-refractivity contribution in [1.29, 1.82) is 0 Å². The van der Waals surface area contributed by atoms with Gasteiger partial charge in [-0.1, -0.05) is 54.6 Å². The van der Waals surface area contributed by atoms with Gasteiger partial charge >= 0.3 is 0 Å². The number of carbonyl (C=O) groups excluding carboxylic acids is 2. The molecule has 0 radical (unpaired) electrons. The number of nitrogens with one attached hydrogen (secondary N) is 1. The molecule has 5 heteroatoms. The molecule has 31 heavy (non-hydrogen) atoms. The molecule has 1 saturated heterocycles. The average Bonchev–Trinajstić information content (AvgIpc) is 3.21. The Morgan fingerprint density at radius 1 is 0.903 bits per heavy atom. The van der Waals surface area contributed by atoms with Gasteiger partial charge < -0.3 is 10.2 Å². The number of likely N-dealkylation sites (tertiary alicyclic amines) is 1. The topological polar surface area (TPSA) is 49.4 Å². The molecule has 0 saturated carbocycles. The van der Waals surface area contributed by atoms with E-state index in [0.29, 0.717) is 25.1 Å². The van der Waals surface area contributed by atoms with Crippen LogP contribution >= 0.6 is 11.8 Å². The van der Waals surface area contributed by atoms with Gasteiger partial charge in [-0.25, -0.2) is 0 Å². The van der Waals surface area contributed by atoms with Crippen LogP contribution in [0, 0.1) is 0 Å². The van der Waals surface area contributed by atoms with Gasteiger partial charge in [0, 0.05) is 42.3 Å². The zero-order valence-electron chi connectivity index (χ0n) is 17.4. The molecule has 1 aliphatic rings. The first-order valence-corrected chi connectivity index (χ1v) is 11.6. The van der Waals surface area contributed by atoms with Crippen LogP contribution in [-0.2, 0) is 23.6 Å². The lowest BCUT2D eigenvalue weighted by molar-refractivity contribution is -0.128. The van der Waals surface area contributed by atoms with Gasteiger partial charge in [0.1, 0.15) is 0 Å². The van der Waals surface area contributed by atoms with Crippen molar-refractivity contribution in [2.75, 3.05) is 6.54 Å². The van der Waals surface area contributed by atoms with Crippen LogP contribution in [0.3, 0.4) is 0 Å². The zero-order valence-corrected chi connectivity index (χ0v) is 18.2. The number of benzene rings is 3. The first kappa shape index (κ1) is 21.2.